The highest BCUT2D eigenvalue weighted by Gasteiger charge is 2.13. The molecule has 0 aliphatic heterocycles. The molecule has 0 saturated heterocycles. The zero-order chi connectivity index (χ0) is 20.9. The summed E-state index contributed by atoms with van der Waals surface area (Å²) in [6.07, 6.45) is 3.67. The molecule has 1 aromatic heterocycles. The van der Waals surface area contributed by atoms with Gasteiger partial charge >= 0.3 is 0 Å². The lowest BCUT2D eigenvalue weighted by molar-refractivity contribution is 0.0947. The van der Waals surface area contributed by atoms with E-state index in [1.165, 1.54) is 4.90 Å². The minimum Gasteiger partial charge on any atom is -0.457 e. The van der Waals surface area contributed by atoms with Gasteiger partial charge in [0.1, 0.15) is 17.2 Å². The van der Waals surface area contributed by atoms with Gasteiger partial charge in [0.25, 0.3) is 5.91 Å². The predicted molar refractivity (Wildman–Crippen MR) is 123 cm³/mol. The van der Waals surface area contributed by atoms with Crippen molar-refractivity contribution in [2.75, 3.05) is 6.26 Å². The number of hydrogen-bond donors (Lipinski definition) is 1. The maximum atomic E-state index is 12.6. The zero-order valence-electron chi connectivity index (χ0n) is 16.7. The predicted octanol–water partition coefficient (Wildman–Crippen LogP) is 5.46. The Balaban J connectivity index is 1.49. The normalized spacial score (nSPS) is 11.1. The summed E-state index contributed by atoms with van der Waals surface area (Å²) < 4.78 is 7.74. The van der Waals surface area contributed by atoms with Crippen molar-refractivity contribution in [3.05, 3.63) is 90.1 Å². The van der Waals surface area contributed by atoms with E-state index < -0.39 is 0 Å². The number of carbonyl (C=O) groups excluding carboxylic acids is 1. The number of hydrazone groups is 1. The van der Waals surface area contributed by atoms with E-state index >= 15 is 0 Å². The third kappa shape index (κ3) is 4.39. The molecule has 0 radical (unpaired) electrons. The highest BCUT2D eigenvalue weighted by molar-refractivity contribution is 7.98. The van der Waals surface area contributed by atoms with Crippen molar-refractivity contribution in [2.45, 2.75) is 4.90 Å². The van der Waals surface area contributed by atoms with Gasteiger partial charge in [-0.25, -0.2) is 5.43 Å². The summed E-state index contributed by atoms with van der Waals surface area (Å²) in [4.78, 5) is 13.8. The molecule has 0 fully saturated rings. The average molecular weight is 416 g/mol. The summed E-state index contributed by atoms with van der Waals surface area (Å²) >= 11 is 1.68. The van der Waals surface area contributed by atoms with Crippen molar-refractivity contribution < 1.29 is 9.53 Å². The second-order valence-corrected chi connectivity index (χ2v) is 7.58. The minimum atomic E-state index is -0.267. The molecular formula is C24H21N3O2S. The Morgan fingerprint density at radius 1 is 1.00 bits per heavy atom. The number of amides is 1. The van der Waals surface area contributed by atoms with Gasteiger partial charge in [0.15, 0.2) is 0 Å². The first kappa shape index (κ1) is 19.8. The van der Waals surface area contributed by atoms with E-state index in [0.717, 1.165) is 28.0 Å². The van der Waals surface area contributed by atoms with E-state index in [1.54, 1.807) is 18.0 Å². The molecule has 0 spiro atoms. The van der Waals surface area contributed by atoms with E-state index in [0.29, 0.717) is 5.69 Å². The highest BCUT2D eigenvalue weighted by atomic mass is 32.2. The molecule has 6 heteroatoms. The second-order valence-electron chi connectivity index (χ2n) is 6.70. The summed E-state index contributed by atoms with van der Waals surface area (Å²) in [5.41, 5.74) is 5.00. The number of aryl methyl sites for hydroxylation is 1. The number of ether oxygens (including phenoxy) is 1. The topological polar surface area (TPSA) is 55.6 Å². The average Bonchev–Trinajstić information content (AvgIpc) is 3.11. The van der Waals surface area contributed by atoms with E-state index in [9.17, 15) is 4.79 Å². The monoisotopic (exact) mass is 415 g/mol. The Bertz CT molecular complexity index is 1200. The van der Waals surface area contributed by atoms with Crippen LogP contribution in [0.15, 0.2) is 88.9 Å². The Hall–Kier alpha value is -3.51. The SMILES string of the molecule is CSc1ccc(/C=N\NC(=O)c2cc3cc(Oc4ccccc4)ccc3n2C)cc1. The minimum absolute atomic E-state index is 0.267. The van der Waals surface area contributed by atoms with Crippen LogP contribution in [0.5, 0.6) is 11.5 Å². The van der Waals surface area contributed by atoms with Crippen LogP contribution in [0.3, 0.4) is 0 Å². The summed E-state index contributed by atoms with van der Waals surface area (Å²) in [6, 6.07) is 25.2. The number of para-hydroxylation sites is 1. The lowest BCUT2D eigenvalue weighted by Gasteiger charge is -2.06. The maximum absolute atomic E-state index is 12.6. The lowest BCUT2D eigenvalue weighted by Crippen LogP contribution is -2.20. The molecule has 150 valence electrons. The third-order valence-corrected chi connectivity index (χ3v) is 5.46. The molecule has 0 saturated carbocycles. The van der Waals surface area contributed by atoms with Crippen molar-refractivity contribution in [1.82, 2.24) is 9.99 Å². The fraction of sp³-hybridized carbons (Fsp3) is 0.0833. The molecule has 0 atom stereocenters. The molecule has 1 amide bonds. The van der Waals surface area contributed by atoms with Crippen LogP contribution in [0.2, 0.25) is 0 Å². The van der Waals surface area contributed by atoms with Crippen molar-refractivity contribution in [3.8, 4) is 11.5 Å². The summed E-state index contributed by atoms with van der Waals surface area (Å²) in [7, 11) is 1.86. The largest absolute Gasteiger partial charge is 0.457 e. The molecular weight excluding hydrogens is 394 g/mol. The van der Waals surface area contributed by atoms with Gasteiger partial charge in [-0.1, -0.05) is 30.3 Å². The maximum Gasteiger partial charge on any atom is 0.287 e. The number of hydrogen-bond acceptors (Lipinski definition) is 4. The molecule has 0 unspecified atom stereocenters. The van der Waals surface area contributed by atoms with Crippen molar-refractivity contribution in [2.24, 2.45) is 12.1 Å². The molecule has 0 bridgehead atoms. The van der Waals surface area contributed by atoms with Crippen LogP contribution in [-0.4, -0.2) is 22.9 Å². The fourth-order valence-corrected chi connectivity index (χ4v) is 3.55. The first-order valence-electron chi connectivity index (χ1n) is 9.44. The van der Waals surface area contributed by atoms with Gasteiger partial charge in [-0.15, -0.1) is 11.8 Å². The van der Waals surface area contributed by atoms with Gasteiger partial charge in [-0.3, -0.25) is 4.79 Å². The van der Waals surface area contributed by atoms with E-state index in [1.807, 2.05) is 96.7 Å². The summed E-state index contributed by atoms with van der Waals surface area (Å²) in [5, 5.41) is 5.01. The van der Waals surface area contributed by atoms with Crippen molar-refractivity contribution >= 4 is 34.8 Å². The van der Waals surface area contributed by atoms with Gasteiger partial charge in [-0.2, -0.15) is 5.10 Å². The van der Waals surface area contributed by atoms with Gasteiger partial charge in [-0.05, 0) is 60.4 Å². The molecule has 4 aromatic rings. The smallest absolute Gasteiger partial charge is 0.287 e. The number of rotatable bonds is 6. The zero-order valence-corrected chi connectivity index (χ0v) is 17.5. The molecule has 0 aliphatic carbocycles. The molecule has 3 aromatic carbocycles. The number of carbonyl (C=O) groups is 1. The van der Waals surface area contributed by atoms with Crippen LogP contribution in [0.25, 0.3) is 10.9 Å². The number of nitrogens with one attached hydrogen (secondary N) is 1. The Morgan fingerprint density at radius 2 is 1.77 bits per heavy atom. The second kappa shape index (κ2) is 8.88. The van der Waals surface area contributed by atoms with Crippen LogP contribution in [-0.2, 0) is 7.05 Å². The van der Waals surface area contributed by atoms with Crippen LogP contribution in [0.1, 0.15) is 16.1 Å². The Morgan fingerprint density at radius 3 is 2.50 bits per heavy atom. The van der Waals surface area contributed by atoms with E-state index in [4.69, 9.17) is 4.74 Å². The third-order valence-electron chi connectivity index (χ3n) is 4.72. The van der Waals surface area contributed by atoms with Crippen molar-refractivity contribution in [1.29, 1.82) is 0 Å². The molecule has 4 rings (SSSR count). The number of thioether (sulfide) groups is 1. The highest BCUT2D eigenvalue weighted by Crippen LogP contribution is 2.27. The number of fused-ring (bicyclic) bond motifs is 1. The lowest BCUT2D eigenvalue weighted by atomic mass is 10.2. The quantitative estimate of drug-likeness (QED) is 0.259. The Labute approximate surface area is 179 Å². The number of aromatic nitrogens is 1. The van der Waals surface area contributed by atoms with Gasteiger partial charge in [0.2, 0.25) is 0 Å². The Kier molecular flexibility index (Phi) is 5.86. The van der Waals surface area contributed by atoms with Gasteiger partial charge < -0.3 is 9.30 Å². The van der Waals surface area contributed by atoms with Crippen LogP contribution in [0, 0.1) is 0 Å². The molecule has 5 nitrogen and oxygen atoms in total. The van der Waals surface area contributed by atoms with Crippen LogP contribution in [0.4, 0.5) is 0 Å². The van der Waals surface area contributed by atoms with Crippen molar-refractivity contribution in [3.63, 3.8) is 0 Å². The summed E-state index contributed by atoms with van der Waals surface area (Å²) in [6.45, 7) is 0. The molecule has 30 heavy (non-hydrogen) atoms. The van der Waals surface area contributed by atoms with Crippen LogP contribution >= 0.6 is 11.8 Å². The standard InChI is InChI=1S/C24H21N3O2S/c1-27-22-13-10-20(29-19-6-4-3-5-7-19)14-18(22)15-23(27)24(28)26-25-16-17-8-11-21(30-2)12-9-17/h3-16H,1-2H3,(H,26,28)/b25-16-. The van der Waals surface area contributed by atoms with Gasteiger partial charge in [0.05, 0.1) is 6.21 Å². The molecule has 1 N–H and O–H groups in total. The van der Waals surface area contributed by atoms with Gasteiger partial charge in [0, 0.05) is 22.8 Å². The molecule has 1 heterocycles. The van der Waals surface area contributed by atoms with E-state index in [-0.39, 0.29) is 5.91 Å². The van der Waals surface area contributed by atoms with E-state index in [2.05, 4.69) is 10.5 Å². The fourth-order valence-electron chi connectivity index (χ4n) is 3.15. The summed E-state index contributed by atoms with van der Waals surface area (Å²) in [5.74, 6) is 1.22. The first-order chi connectivity index (χ1) is 14.6. The molecule has 0 aliphatic rings. The first-order valence-corrected chi connectivity index (χ1v) is 10.7. The number of nitrogens with zero attached hydrogens (tertiary/aromatic N) is 2. The van der Waals surface area contributed by atoms with Crippen LogP contribution < -0.4 is 10.2 Å². The number of benzene rings is 3.